The number of hydrogen-bond acceptors (Lipinski definition) is 3. The van der Waals surface area contributed by atoms with Gasteiger partial charge in [-0.3, -0.25) is 4.90 Å². The van der Waals surface area contributed by atoms with Crippen molar-refractivity contribution >= 4 is 6.09 Å². The highest BCUT2D eigenvalue weighted by Gasteiger charge is 2.51. The molecule has 2 bridgehead atoms. The lowest BCUT2D eigenvalue weighted by Crippen LogP contribution is -2.53. The Kier molecular flexibility index (Phi) is 4.00. The molecule has 0 unspecified atom stereocenters. The Morgan fingerprint density at radius 2 is 2.05 bits per heavy atom. The van der Waals surface area contributed by atoms with E-state index in [4.69, 9.17) is 4.74 Å². The molecule has 1 amide bonds. The van der Waals surface area contributed by atoms with E-state index in [2.05, 4.69) is 24.8 Å². The van der Waals surface area contributed by atoms with Crippen LogP contribution in [0.4, 0.5) is 4.79 Å². The van der Waals surface area contributed by atoms with E-state index < -0.39 is 0 Å². The third-order valence-electron chi connectivity index (χ3n) is 5.89. The van der Waals surface area contributed by atoms with Gasteiger partial charge in [0.15, 0.2) is 0 Å². The number of fused-ring (bicyclic) bond motifs is 1. The van der Waals surface area contributed by atoms with Crippen molar-refractivity contribution in [3.05, 3.63) is 11.6 Å². The van der Waals surface area contributed by atoms with Gasteiger partial charge in [0.05, 0.1) is 6.61 Å². The lowest BCUT2D eigenvalue weighted by Gasteiger charge is -2.57. The Labute approximate surface area is 128 Å². The molecule has 2 atom stereocenters. The molecule has 0 aromatic rings. The van der Waals surface area contributed by atoms with Crippen LogP contribution < -0.4 is 0 Å². The molecular weight excluding hydrogens is 264 g/mol. The molecule has 4 aliphatic rings. The molecule has 0 aromatic heterocycles. The molecule has 0 spiro atoms. The van der Waals surface area contributed by atoms with E-state index in [1.807, 2.05) is 11.8 Å². The number of piperazine rings is 1. The summed E-state index contributed by atoms with van der Waals surface area (Å²) in [7, 11) is 0. The highest BCUT2D eigenvalue weighted by molar-refractivity contribution is 5.67. The Balaban J connectivity index is 1.50. The van der Waals surface area contributed by atoms with Crippen LogP contribution in [-0.2, 0) is 4.74 Å². The molecule has 4 rings (SSSR count). The molecule has 1 heterocycles. The third-order valence-corrected chi connectivity index (χ3v) is 5.89. The van der Waals surface area contributed by atoms with Gasteiger partial charge in [-0.25, -0.2) is 4.79 Å². The third kappa shape index (κ3) is 2.70. The van der Waals surface area contributed by atoms with Gasteiger partial charge in [0.2, 0.25) is 0 Å². The highest BCUT2D eigenvalue weighted by atomic mass is 16.6. The first kappa shape index (κ1) is 14.9. The summed E-state index contributed by atoms with van der Waals surface area (Å²) >= 11 is 0. The van der Waals surface area contributed by atoms with Gasteiger partial charge in [-0.1, -0.05) is 25.5 Å². The minimum Gasteiger partial charge on any atom is -0.450 e. The summed E-state index contributed by atoms with van der Waals surface area (Å²) in [4.78, 5) is 16.0. The lowest BCUT2D eigenvalue weighted by atomic mass is 9.49. The monoisotopic (exact) mass is 292 g/mol. The topological polar surface area (TPSA) is 32.8 Å². The summed E-state index contributed by atoms with van der Waals surface area (Å²) < 4.78 is 5.07. The van der Waals surface area contributed by atoms with Gasteiger partial charge < -0.3 is 9.64 Å². The van der Waals surface area contributed by atoms with Crippen molar-refractivity contribution < 1.29 is 9.53 Å². The molecule has 0 aromatic carbocycles. The fourth-order valence-electron chi connectivity index (χ4n) is 4.22. The fourth-order valence-corrected chi connectivity index (χ4v) is 4.22. The second-order valence-electron chi connectivity index (χ2n) is 7.28. The summed E-state index contributed by atoms with van der Waals surface area (Å²) in [5, 5.41) is 0. The Bertz CT molecular complexity index is 436. The number of carbonyl (C=O) groups excluding carboxylic acids is 1. The first-order valence-electron chi connectivity index (χ1n) is 8.35. The molecule has 3 aliphatic carbocycles. The van der Waals surface area contributed by atoms with E-state index in [1.54, 1.807) is 5.57 Å². The molecule has 2 fully saturated rings. The van der Waals surface area contributed by atoms with Crippen LogP contribution >= 0.6 is 0 Å². The maximum absolute atomic E-state index is 11.7. The zero-order chi connectivity index (χ0) is 15.0. The van der Waals surface area contributed by atoms with E-state index in [9.17, 15) is 4.79 Å². The van der Waals surface area contributed by atoms with Crippen molar-refractivity contribution in [1.82, 2.24) is 9.80 Å². The molecule has 4 nitrogen and oxygen atoms in total. The molecule has 0 N–H and O–H groups in total. The van der Waals surface area contributed by atoms with Gasteiger partial charge in [0, 0.05) is 32.7 Å². The summed E-state index contributed by atoms with van der Waals surface area (Å²) in [6.07, 6.45) is 4.99. The lowest BCUT2D eigenvalue weighted by molar-refractivity contribution is -0.0120. The molecular formula is C17H28N2O2. The van der Waals surface area contributed by atoms with E-state index in [0.29, 0.717) is 12.0 Å². The second-order valence-corrected chi connectivity index (χ2v) is 7.28. The van der Waals surface area contributed by atoms with Crippen LogP contribution in [-0.4, -0.2) is 55.2 Å². The largest absolute Gasteiger partial charge is 0.450 e. The van der Waals surface area contributed by atoms with Crippen molar-refractivity contribution in [2.45, 2.75) is 33.6 Å². The number of ether oxygens (including phenoxy) is 1. The molecule has 1 saturated heterocycles. The van der Waals surface area contributed by atoms with Crippen LogP contribution in [0.1, 0.15) is 33.6 Å². The van der Waals surface area contributed by atoms with Crippen molar-refractivity contribution in [3.8, 4) is 0 Å². The second kappa shape index (κ2) is 5.64. The van der Waals surface area contributed by atoms with Crippen molar-refractivity contribution in [2.75, 3.05) is 39.3 Å². The smallest absolute Gasteiger partial charge is 0.409 e. The molecule has 118 valence electrons. The van der Waals surface area contributed by atoms with Gasteiger partial charge in [-0.05, 0) is 37.0 Å². The van der Waals surface area contributed by atoms with Crippen LogP contribution in [0, 0.1) is 17.3 Å². The van der Waals surface area contributed by atoms with E-state index >= 15 is 0 Å². The van der Waals surface area contributed by atoms with Gasteiger partial charge in [0.1, 0.15) is 0 Å². The number of amides is 1. The first-order chi connectivity index (χ1) is 10.0. The normalized spacial score (nSPS) is 31.4. The fraction of sp³-hybridized carbons (Fsp3) is 0.824. The summed E-state index contributed by atoms with van der Waals surface area (Å²) in [6, 6.07) is 0. The van der Waals surface area contributed by atoms with Crippen molar-refractivity contribution in [3.63, 3.8) is 0 Å². The predicted molar refractivity (Wildman–Crippen MR) is 83.1 cm³/mol. The van der Waals surface area contributed by atoms with Crippen LogP contribution in [0.2, 0.25) is 0 Å². The summed E-state index contributed by atoms with van der Waals surface area (Å²) in [5.41, 5.74) is 2.16. The van der Waals surface area contributed by atoms with E-state index in [0.717, 1.165) is 44.6 Å². The zero-order valence-corrected chi connectivity index (χ0v) is 13.6. The predicted octanol–water partition coefficient (Wildman–Crippen LogP) is 2.75. The van der Waals surface area contributed by atoms with E-state index in [1.165, 1.54) is 12.8 Å². The molecule has 4 heteroatoms. The standard InChI is InChI=1S/C17H28N2O2/c1-4-21-16(20)19-9-7-18(8-10-19)12-13-5-6-14-11-15(13)17(14,2)3/h5,14-15H,4,6-12H2,1-3H3/t14-,15-/m0/s1. The summed E-state index contributed by atoms with van der Waals surface area (Å²) in [6.45, 7) is 11.8. The zero-order valence-electron chi connectivity index (χ0n) is 13.6. The molecule has 21 heavy (non-hydrogen) atoms. The SMILES string of the molecule is CCOC(=O)N1CCN(CC2=CC[C@H]3C[C@@H]2C3(C)C)CC1. The van der Waals surface area contributed by atoms with Crippen molar-refractivity contribution in [1.29, 1.82) is 0 Å². The maximum atomic E-state index is 11.7. The number of nitrogens with zero attached hydrogens (tertiary/aromatic N) is 2. The number of hydrogen-bond donors (Lipinski definition) is 0. The number of rotatable bonds is 3. The van der Waals surface area contributed by atoms with Crippen LogP contribution in [0.5, 0.6) is 0 Å². The highest BCUT2D eigenvalue weighted by Crippen LogP contribution is 2.59. The maximum Gasteiger partial charge on any atom is 0.409 e. The van der Waals surface area contributed by atoms with Gasteiger partial charge in [-0.2, -0.15) is 0 Å². The van der Waals surface area contributed by atoms with Gasteiger partial charge in [-0.15, -0.1) is 0 Å². The quantitative estimate of drug-likeness (QED) is 0.750. The minimum absolute atomic E-state index is 0.156. The Morgan fingerprint density at radius 3 is 2.62 bits per heavy atom. The Morgan fingerprint density at radius 1 is 1.33 bits per heavy atom. The number of carbonyl (C=O) groups is 1. The molecule has 1 aliphatic heterocycles. The average molecular weight is 292 g/mol. The average Bonchev–Trinajstić information content (AvgIpc) is 2.48. The van der Waals surface area contributed by atoms with Gasteiger partial charge in [0.25, 0.3) is 0 Å². The van der Waals surface area contributed by atoms with Crippen LogP contribution in [0.15, 0.2) is 11.6 Å². The first-order valence-corrected chi connectivity index (χ1v) is 8.35. The van der Waals surface area contributed by atoms with Gasteiger partial charge >= 0.3 is 6.09 Å². The molecule has 0 radical (unpaired) electrons. The van der Waals surface area contributed by atoms with Crippen LogP contribution in [0.3, 0.4) is 0 Å². The molecule has 1 saturated carbocycles. The number of allylic oxidation sites excluding steroid dienone is 1. The Hall–Kier alpha value is -1.03. The minimum atomic E-state index is -0.156. The van der Waals surface area contributed by atoms with Crippen molar-refractivity contribution in [2.24, 2.45) is 17.3 Å². The van der Waals surface area contributed by atoms with E-state index in [-0.39, 0.29) is 6.09 Å². The summed E-state index contributed by atoms with van der Waals surface area (Å²) in [5.74, 6) is 1.70. The van der Waals surface area contributed by atoms with Crippen LogP contribution in [0.25, 0.3) is 0 Å².